The fraction of sp³-hybridized carbons (Fsp3) is 0.786. The Morgan fingerprint density at radius 2 is 1.70 bits per heavy atom. The Bertz CT molecular complexity index is 443. The molecular weight excluding hydrogens is 274 g/mol. The van der Waals surface area contributed by atoms with Crippen LogP contribution in [0.5, 0.6) is 0 Å². The third kappa shape index (κ3) is 3.72. The highest BCUT2D eigenvalue weighted by molar-refractivity contribution is 6.28. The molecule has 1 heterocycles. The van der Waals surface area contributed by atoms with E-state index in [1.807, 2.05) is 19.0 Å². The fourth-order valence-corrected chi connectivity index (χ4v) is 2.81. The molecule has 0 saturated heterocycles. The van der Waals surface area contributed by atoms with Crippen LogP contribution in [-0.4, -0.2) is 41.6 Å². The second-order valence-electron chi connectivity index (χ2n) is 6.08. The molecule has 0 amide bonds. The fourth-order valence-electron chi connectivity index (χ4n) is 2.66. The van der Waals surface area contributed by atoms with Crippen LogP contribution >= 0.6 is 11.6 Å². The van der Waals surface area contributed by atoms with Crippen LogP contribution in [0.3, 0.4) is 0 Å². The van der Waals surface area contributed by atoms with Crippen molar-refractivity contribution in [2.75, 3.05) is 30.4 Å². The molecule has 0 aromatic carbocycles. The van der Waals surface area contributed by atoms with E-state index in [-0.39, 0.29) is 5.28 Å². The van der Waals surface area contributed by atoms with Crippen LogP contribution in [0.2, 0.25) is 5.28 Å². The Hall–Kier alpha value is -1.10. The van der Waals surface area contributed by atoms with Gasteiger partial charge in [0.05, 0.1) is 0 Å². The van der Waals surface area contributed by atoms with Crippen molar-refractivity contribution in [3.8, 4) is 0 Å². The first-order valence-corrected chi connectivity index (χ1v) is 7.70. The second-order valence-corrected chi connectivity index (χ2v) is 6.42. The standard InChI is InChI=1S/C14H24ClN5/c1-10(2)9-20(11-7-5-6-8-11)14-17-12(15)16-13(18-14)19(3)4/h10-11H,5-9H2,1-4H3. The maximum Gasteiger partial charge on any atom is 0.231 e. The average Bonchev–Trinajstić information content (AvgIpc) is 2.88. The summed E-state index contributed by atoms with van der Waals surface area (Å²) in [6, 6.07) is 0.533. The lowest BCUT2D eigenvalue weighted by Crippen LogP contribution is -2.38. The van der Waals surface area contributed by atoms with E-state index in [1.54, 1.807) is 0 Å². The van der Waals surface area contributed by atoms with E-state index in [1.165, 1.54) is 25.7 Å². The van der Waals surface area contributed by atoms with Crippen LogP contribution in [0.15, 0.2) is 0 Å². The van der Waals surface area contributed by atoms with Crippen LogP contribution in [0.25, 0.3) is 0 Å². The van der Waals surface area contributed by atoms with Crippen LogP contribution < -0.4 is 9.80 Å². The van der Waals surface area contributed by atoms with Crippen molar-refractivity contribution < 1.29 is 0 Å². The van der Waals surface area contributed by atoms with Gasteiger partial charge in [0.1, 0.15) is 0 Å². The third-order valence-corrected chi connectivity index (χ3v) is 3.74. The first-order chi connectivity index (χ1) is 9.47. The van der Waals surface area contributed by atoms with E-state index >= 15 is 0 Å². The van der Waals surface area contributed by atoms with Crippen LogP contribution in [0, 0.1) is 5.92 Å². The Morgan fingerprint density at radius 1 is 1.10 bits per heavy atom. The largest absolute Gasteiger partial charge is 0.347 e. The van der Waals surface area contributed by atoms with Gasteiger partial charge in [-0.25, -0.2) is 0 Å². The van der Waals surface area contributed by atoms with Gasteiger partial charge in [0.2, 0.25) is 17.2 Å². The molecule has 1 aliphatic rings. The van der Waals surface area contributed by atoms with Gasteiger partial charge in [0.25, 0.3) is 0 Å². The van der Waals surface area contributed by atoms with E-state index in [0.717, 1.165) is 6.54 Å². The molecule has 0 N–H and O–H groups in total. The van der Waals surface area contributed by atoms with E-state index < -0.39 is 0 Å². The Balaban J connectivity index is 2.31. The van der Waals surface area contributed by atoms with Crippen LogP contribution in [0.4, 0.5) is 11.9 Å². The van der Waals surface area contributed by atoms with Gasteiger partial charge < -0.3 is 9.80 Å². The smallest absolute Gasteiger partial charge is 0.231 e. The van der Waals surface area contributed by atoms with E-state index in [4.69, 9.17) is 11.6 Å². The molecule has 1 aliphatic carbocycles. The zero-order valence-electron chi connectivity index (χ0n) is 12.8. The van der Waals surface area contributed by atoms with Gasteiger partial charge in [0.15, 0.2) is 0 Å². The van der Waals surface area contributed by atoms with E-state index in [2.05, 4.69) is 33.7 Å². The molecule has 5 nitrogen and oxygen atoms in total. The summed E-state index contributed by atoms with van der Waals surface area (Å²) in [5.74, 6) is 1.90. The molecule has 20 heavy (non-hydrogen) atoms. The third-order valence-electron chi connectivity index (χ3n) is 3.57. The van der Waals surface area contributed by atoms with Gasteiger partial charge in [-0.1, -0.05) is 26.7 Å². The molecule has 1 aromatic rings. The normalized spacial score (nSPS) is 15.9. The lowest BCUT2D eigenvalue weighted by atomic mass is 10.1. The molecule has 0 aliphatic heterocycles. The molecule has 6 heteroatoms. The number of hydrogen-bond donors (Lipinski definition) is 0. The summed E-state index contributed by atoms with van der Waals surface area (Å²) in [6.07, 6.45) is 5.01. The van der Waals surface area contributed by atoms with Crippen molar-refractivity contribution in [2.24, 2.45) is 5.92 Å². The number of halogens is 1. The molecule has 0 unspecified atom stereocenters. The molecular formula is C14H24ClN5. The van der Waals surface area contributed by atoms with Gasteiger partial charge in [0, 0.05) is 26.7 Å². The summed E-state index contributed by atoms with van der Waals surface area (Å²) in [5.41, 5.74) is 0. The van der Waals surface area contributed by atoms with Crippen LogP contribution in [-0.2, 0) is 0 Å². The van der Waals surface area contributed by atoms with Gasteiger partial charge >= 0.3 is 0 Å². The Labute approximate surface area is 126 Å². The maximum absolute atomic E-state index is 6.07. The summed E-state index contributed by atoms with van der Waals surface area (Å²) in [5, 5.41) is 0.269. The quantitative estimate of drug-likeness (QED) is 0.836. The van der Waals surface area contributed by atoms with Gasteiger partial charge in [-0.15, -0.1) is 0 Å². The minimum atomic E-state index is 0.269. The number of nitrogens with zero attached hydrogens (tertiary/aromatic N) is 5. The topological polar surface area (TPSA) is 45.2 Å². The zero-order chi connectivity index (χ0) is 14.7. The minimum absolute atomic E-state index is 0.269. The summed E-state index contributed by atoms with van der Waals surface area (Å²) in [7, 11) is 3.83. The molecule has 0 bridgehead atoms. The first kappa shape index (κ1) is 15.3. The monoisotopic (exact) mass is 297 g/mol. The van der Waals surface area contributed by atoms with Crippen molar-refractivity contribution in [1.82, 2.24) is 15.0 Å². The van der Waals surface area contributed by atoms with Crippen molar-refractivity contribution in [2.45, 2.75) is 45.6 Å². The highest BCUT2D eigenvalue weighted by Gasteiger charge is 2.26. The predicted molar refractivity (Wildman–Crippen MR) is 83.6 cm³/mol. The van der Waals surface area contributed by atoms with Crippen molar-refractivity contribution in [3.63, 3.8) is 0 Å². The molecule has 0 radical (unpaired) electrons. The summed E-state index contributed by atoms with van der Waals surface area (Å²) >= 11 is 6.07. The number of rotatable bonds is 5. The summed E-state index contributed by atoms with van der Waals surface area (Å²) in [6.45, 7) is 5.40. The Kier molecular flexibility index (Phi) is 5.02. The summed E-state index contributed by atoms with van der Waals surface area (Å²) in [4.78, 5) is 17.3. The molecule has 1 aromatic heterocycles. The lowest BCUT2D eigenvalue weighted by molar-refractivity contribution is 0.525. The van der Waals surface area contributed by atoms with E-state index in [9.17, 15) is 0 Å². The number of aromatic nitrogens is 3. The second kappa shape index (κ2) is 6.57. The van der Waals surface area contributed by atoms with Gasteiger partial charge in [-0.2, -0.15) is 15.0 Å². The lowest BCUT2D eigenvalue weighted by Gasteiger charge is -2.31. The molecule has 0 spiro atoms. The molecule has 1 saturated carbocycles. The van der Waals surface area contributed by atoms with Crippen LogP contribution in [0.1, 0.15) is 39.5 Å². The summed E-state index contributed by atoms with van der Waals surface area (Å²) < 4.78 is 0. The Morgan fingerprint density at radius 3 is 2.25 bits per heavy atom. The highest BCUT2D eigenvalue weighted by Crippen LogP contribution is 2.28. The molecule has 2 rings (SSSR count). The highest BCUT2D eigenvalue weighted by atomic mass is 35.5. The van der Waals surface area contributed by atoms with E-state index in [0.29, 0.717) is 23.9 Å². The minimum Gasteiger partial charge on any atom is -0.347 e. The SMILES string of the molecule is CC(C)CN(c1nc(Cl)nc(N(C)C)n1)C1CCCC1. The molecule has 112 valence electrons. The molecule has 1 fully saturated rings. The zero-order valence-corrected chi connectivity index (χ0v) is 13.6. The predicted octanol–water partition coefficient (Wildman–Crippen LogP) is 3.00. The first-order valence-electron chi connectivity index (χ1n) is 7.33. The van der Waals surface area contributed by atoms with Gasteiger partial charge in [-0.05, 0) is 30.4 Å². The van der Waals surface area contributed by atoms with Crippen molar-refractivity contribution in [1.29, 1.82) is 0 Å². The number of hydrogen-bond acceptors (Lipinski definition) is 5. The van der Waals surface area contributed by atoms with Crippen molar-refractivity contribution in [3.05, 3.63) is 5.28 Å². The van der Waals surface area contributed by atoms with Crippen molar-refractivity contribution >= 4 is 23.5 Å². The maximum atomic E-state index is 6.07. The average molecular weight is 298 g/mol. The molecule has 0 atom stereocenters. The van der Waals surface area contributed by atoms with Gasteiger partial charge in [-0.3, -0.25) is 0 Å². The number of anilines is 2.